The lowest BCUT2D eigenvalue weighted by molar-refractivity contribution is -0.137. The summed E-state index contributed by atoms with van der Waals surface area (Å²) >= 11 is 0. The van der Waals surface area contributed by atoms with Gasteiger partial charge in [0.2, 0.25) is 5.70 Å². The highest BCUT2D eigenvalue weighted by Crippen LogP contribution is 2.56. The predicted octanol–water partition coefficient (Wildman–Crippen LogP) is 8.89. The van der Waals surface area contributed by atoms with Crippen LogP contribution >= 0.6 is 0 Å². The van der Waals surface area contributed by atoms with Crippen molar-refractivity contribution in [1.82, 2.24) is 0 Å². The summed E-state index contributed by atoms with van der Waals surface area (Å²) in [6.07, 6.45) is -4.89. The molecular weight excluding hydrogens is 606 g/mol. The minimum absolute atomic E-state index is 0.0672. The molecule has 0 atom stereocenters. The number of aryl methyl sites for hydroxylation is 2. The summed E-state index contributed by atoms with van der Waals surface area (Å²) in [4.78, 5) is 10.2. The lowest BCUT2D eigenvalue weighted by Gasteiger charge is -2.14. The molecule has 0 amide bonds. The number of hydrogen-bond acceptors (Lipinski definition) is 4. The molecule has 47 heavy (non-hydrogen) atoms. The van der Waals surface area contributed by atoms with Gasteiger partial charge in [-0.05, 0) is 82.1 Å². The molecule has 7 nitrogen and oxygen atoms in total. The van der Waals surface area contributed by atoms with E-state index in [2.05, 4.69) is 14.5 Å². The van der Waals surface area contributed by atoms with Crippen LogP contribution in [0, 0.1) is 84.7 Å². The Balaban J connectivity index is 1.97. The van der Waals surface area contributed by atoms with Crippen molar-refractivity contribution in [2.45, 2.75) is 20.0 Å². The smallest absolute Gasteiger partial charge is 0.237 e. The largest absolute Gasteiger partial charge is 0.417 e. The van der Waals surface area contributed by atoms with Crippen LogP contribution in [0.25, 0.3) is 48.1 Å². The van der Waals surface area contributed by atoms with E-state index in [1.54, 1.807) is 30.3 Å². The van der Waals surface area contributed by atoms with E-state index in [-0.39, 0.29) is 50.2 Å². The number of nitrogens with zero attached hydrogens (tertiary/aromatic N) is 7. The van der Waals surface area contributed by atoms with Crippen molar-refractivity contribution < 1.29 is 17.6 Å². The molecule has 5 rings (SSSR count). The molecule has 3 aromatic rings. The second kappa shape index (κ2) is 11.4. The van der Waals surface area contributed by atoms with Crippen LogP contribution in [0.1, 0.15) is 55.6 Å². The van der Waals surface area contributed by atoms with Gasteiger partial charge in [-0.2, -0.15) is 23.7 Å². The molecule has 0 aromatic heterocycles. The number of nitriles is 4. The highest BCUT2D eigenvalue weighted by atomic mass is 19.4. The van der Waals surface area contributed by atoms with E-state index in [1.807, 2.05) is 19.9 Å². The second-order valence-corrected chi connectivity index (χ2v) is 10.3. The maximum atomic E-state index is 17.0. The number of allylic oxidation sites excluding steroid dienone is 7. The van der Waals surface area contributed by atoms with E-state index < -0.39 is 45.7 Å². The Morgan fingerprint density at radius 3 is 1.81 bits per heavy atom. The molecule has 2 aliphatic rings. The Kier molecular flexibility index (Phi) is 7.54. The van der Waals surface area contributed by atoms with Gasteiger partial charge in [0.1, 0.15) is 11.9 Å². The monoisotopic (exact) mass is 619 g/mol. The molecule has 0 N–H and O–H groups in total. The number of halogens is 4. The summed E-state index contributed by atoms with van der Waals surface area (Å²) in [5.74, 6) is -1.12. The van der Waals surface area contributed by atoms with Crippen molar-refractivity contribution in [2.75, 3.05) is 0 Å². The Labute approximate surface area is 265 Å². The predicted molar refractivity (Wildman–Crippen MR) is 163 cm³/mol. The zero-order valence-electron chi connectivity index (χ0n) is 24.2. The molecule has 2 aliphatic carbocycles. The van der Waals surface area contributed by atoms with Crippen LogP contribution in [0.2, 0.25) is 0 Å². The van der Waals surface area contributed by atoms with Crippen LogP contribution in [0.5, 0.6) is 0 Å². The summed E-state index contributed by atoms with van der Waals surface area (Å²) in [6.45, 7) is 27.0. The van der Waals surface area contributed by atoms with E-state index in [9.17, 15) is 34.2 Å². The molecule has 3 aromatic carbocycles. The van der Waals surface area contributed by atoms with Gasteiger partial charge >= 0.3 is 6.18 Å². The average Bonchev–Trinajstić information content (AvgIpc) is 3.56. The van der Waals surface area contributed by atoms with Gasteiger partial charge in [-0.1, -0.05) is 24.3 Å². The third-order valence-electron chi connectivity index (χ3n) is 7.94. The van der Waals surface area contributed by atoms with E-state index in [0.717, 1.165) is 23.3 Å². The first-order valence-corrected chi connectivity index (χ1v) is 13.3. The minimum Gasteiger partial charge on any atom is -0.237 e. The van der Waals surface area contributed by atoms with Crippen molar-refractivity contribution in [3.63, 3.8) is 0 Å². The lowest BCUT2D eigenvalue weighted by Crippen LogP contribution is -2.08. The van der Waals surface area contributed by atoms with Crippen molar-refractivity contribution in [3.8, 4) is 24.3 Å². The molecule has 0 radical (unpaired) electrons. The van der Waals surface area contributed by atoms with Gasteiger partial charge in [-0.25, -0.2) is 29.4 Å². The maximum absolute atomic E-state index is 17.0. The zero-order valence-corrected chi connectivity index (χ0v) is 24.2. The molecule has 0 unspecified atom stereocenters. The van der Waals surface area contributed by atoms with E-state index in [4.69, 9.17) is 19.7 Å². The van der Waals surface area contributed by atoms with Gasteiger partial charge in [0.15, 0.2) is 0 Å². The van der Waals surface area contributed by atoms with Crippen LogP contribution in [0.4, 0.5) is 17.6 Å². The maximum Gasteiger partial charge on any atom is 0.417 e. The van der Waals surface area contributed by atoms with Gasteiger partial charge < -0.3 is 0 Å². The fourth-order valence-corrected chi connectivity index (χ4v) is 5.78. The average molecular weight is 620 g/mol. The summed E-state index contributed by atoms with van der Waals surface area (Å²) in [7, 11) is 0. The SMILES string of the molecule is [C-]#[N+]C1=C(c2ccc(C)c(C)c2)/C(=C(/C#N)[N+]#[C-])c2cc3c(c(F)c21)C(C#N)=C(c1ccc(C(F)(F)F)c(C#N)c1)/C3=C(\C#N)[N+]#[C-]. The Morgan fingerprint density at radius 2 is 1.30 bits per heavy atom. The molecule has 0 heterocycles. The van der Waals surface area contributed by atoms with Gasteiger partial charge in [-0.15, -0.1) is 0 Å². The van der Waals surface area contributed by atoms with Gasteiger partial charge in [0, 0.05) is 16.7 Å². The Morgan fingerprint density at radius 1 is 0.723 bits per heavy atom. The molecule has 0 saturated carbocycles. The highest BCUT2D eigenvalue weighted by Gasteiger charge is 2.41. The molecule has 0 saturated heterocycles. The standard InChI is InChI=1S/C36H13F4N7/c1-17-6-7-19(10-18(17)2)29-32(27(16-44)46-4)23-12-22-30(34(37)33(23)35(29)47-5)24(14-42)28(31(22)26(15-43)45-3)20-8-9-25(36(38,39)40)21(11-20)13-41/h6-12H,1-2H3/b31-26+,32-27-. The van der Waals surface area contributed by atoms with Crippen molar-refractivity contribution in [3.05, 3.63) is 150 Å². The highest BCUT2D eigenvalue weighted by molar-refractivity contribution is 6.29. The summed E-state index contributed by atoms with van der Waals surface area (Å²) in [5.41, 5.74) is -3.40. The van der Waals surface area contributed by atoms with Crippen LogP contribution in [0.15, 0.2) is 53.9 Å². The molecule has 0 spiro atoms. The number of rotatable bonds is 2. The number of fused-ring (bicyclic) bond motifs is 2. The second-order valence-electron chi connectivity index (χ2n) is 10.3. The fraction of sp³-hybridized carbons (Fsp3) is 0.0833. The topological polar surface area (TPSA) is 108 Å². The number of hydrogen-bond donors (Lipinski definition) is 0. The summed E-state index contributed by atoms with van der Waals surface area (Å²) < 4.78 is 57.8. The number of benzene rings is 3. The molecule has 220 valence electrons. The van der Waals surface area contributed by atoms with Gasteiger partial charge in [0.25, 0.3) is 11.4 Å². The van der Waals surface area contributed by atoms with Crippen molar-refractivity contribution in [2.24, 2.45) is 0 Å². The summed E-state index contributed by atoms with van der Waals surface area (Å²) in [5, 5.41) is 39.7. The molecule has 0 aliphatic heterocycles. The van der Waals surface area contributed by atoms with Crippen LogP contribution in [0.3, 0.4) is 0 Å². The first kappa shape index (κ1) is 31.2. The zero-order chi connectivity index (χ0) is 34.4. The Bertz CT molecular complexity index is 2410. The third kappa shape index (κ3) is 4.60. The minimum atomic E-state index is -4.89. The van der Waals surface area contributed by atoms with Crippen molar-refractivity contribution >= 4 is 33.6 Å². The molecule has 0 bridgehead atoms. The van der Waals surface area contributed by atoms with E-state index >= 15 is 4.39 Å². The first-order chi connectivity index (χ1) is 22.4. The fourth-order valence-electron chi connectivity index (χ4n) is 5.78. The number of alkyl halides is 3. The molecular formula is C36H13F4N7. The van der Waals surface area contributed by atoms with E-state index in [0.29, 0.717) is 11.6 Å². The molecule has 11 heteroatoms. The van der Waals surface area contributed by atoms with Crippen LogP contribution < -0.4 is 0 Å². The van der Waals surface area contributed by atoms with Gasteiger partial charge in [-0.3, -0.25) is 0 Å². The summed E-state index contributed by atoms with van der Waals surface area (Å²) in [6, 6.07) is 15.6. The van der Waals surface area contributed by atoms with E-state index in [1.165, 1.54) is 12.1 Å². The van der Waals surface area contributed by atoms with Crippen LogP contribution in [-0.4, -0.2) is 0 Å². The Hall–Kier alpha value is -7.23. The quantitative estimate of drug-likeness (QED) is 0.162. The van der Waals surface area contributed by atoms with Crippen molar-refractivity contribution in [1.29, 1.82) is 21.0 Å². The van der Waals surface area contributed by atoms with Crippen LogP contribution in [-0.2, 0) is 6.18 Å². The lowest BCUT2D eigenvalue weighted by atomic mass is 9.90. The molecule has 0 fully saturated rings. The van der Waals surface area contributed by atoms with Gasteiger partial charge in [0.05, 0.1) is 54.6 Å². The normalized spacial score (nSPS) is 15.2. The first-order valence-electron chi connectivity index (χ1n) is 13.3. The third-order valence-corrected chi connectivity index (χ3v) is 7.94.